The van der Waals surface area contributed by atoms with Crippen LogP contribution in [-0.2, 0) is 4.79 Å². The van der Waals surface area contributed by atoms with Crippen LogP contribution in [0.2, 0.25) is 0 Å². The van der Waals surface area contributed by atoms with E-state index in [1.807, 2.05) is 53.7 Å². The van der Waals surface area contributed by atoms with Gasteiger partial charge in [-0.1, -0.05) is 17.7 Å². The van der Waals surface area contributed by atoms with Gasteiger partial charge in [-0.2, -0.15) is 0 Å². The number of rotatable bonds is 7. The number of carbonyl (C=O) groups is 2. The lowest BCUT2D eigenvalue weighted by Gasteiger charge is -2.20. The van der Waals surface area contributed by atoms with Crippen molar-refractivity contribution in [1.29, 1.82) is 0 Å². The molecule has 0 aromatic heterocycles. The number of amides is 2. The highest BCUT2D eigenvalue weighted by atomic mass is 16.2. The predicted molar refractivity (Wildman–Crippen MR) is 116 cm³/mol. The number of nitrogens with zero attached hydrogens (tertiary/aromatic N) is 1. The summed E-state index contributed by atoms with van der Waals surface area (Å²) in [5.41, 5.74) is 5.60. The van der Waals surface area contributed by atoms with Gasteiger partial charge in [-0.15, -0.1) is 0 Å². The molecule has 5 nitrogen and oxygen atoms in total. The van der Waals surface area contributed by atoms with Crippen molar-refractivity contribution >= 4 is 23.2 Å². The SMILES string of the molecule is CCN(CC)C(=O)c1ccc(NC(C)C(=O)Nc2c(C)cc(C)cc2C)cc1. The van der Waals surface area contributed by atoms with E-state index >= 15 is 0 Å². The Labute approximate surface area is 168 Å². The van der Waals surface area contributed by atoms with E-state index in [1.54, 1.807) is 17.0 Å². The third-order valence-corrected chi connectivity index (χ3v) is 4.88. The van der Waals surface area contributed by atoms with E-state index in [1.165, 1.54) is 5.56 Å². The Kier molecular flexibility index (Phi) is 7.21. The first-order valence-electron chi connectivity index (χ1n) is 9.81. The number of carbonyl (C=O) groups excluding carboxylic acids is 2. The average molecular weight is 382 g/mol. The molecule has 150 valence electrons. The maximum atomic E-state index is 12.6. The molecule has 2 N–H and O–H groups in total. The van der Waals surface area contributed by atoms with Crippen LogP contribution >= 0.6 is 0 Å². The van der Waals surface area contributed by atoms with Gasteiger partial charge in [-0.3, -0.25) is 9.59 Å². The monoisotopic (exact) mass is 381 g/mol. The Balaban J connectivity index is 2.03. The predicted octanol–water partition coefficient (Wildman–Crippen LogP) is 4.53. The number of hydrogen-bond donors (Lipinski definition) is 2. The molecule has 0 radical (unpaired) electrons. The van der Waals surface area contributed by atoms with Crippen molar-refractivity contribution in [2.75, 3.05) is 23.7 Å². The molecule has 2 aromatic carbocycles. The molecule has 0 fully saturated rings. The maximum Gasteiger partial charge on any atom is 0.253 e. The second-order valence-corrected chi connectivity index (χ2v) is 7.18. The van der Waals surface area contributed by atoms with Crippen LogP contribution < -0.4 is 10.6 Å². The van der Waals surface area contributed by atoms with Gasteiger partial charge in [0, 0.05) is 30.0 Å². The van der Waals surface area contributed by atoms with Crippen LogP contribution in [-0.4, -0.2) is 35.8 Å². The van der Waals surface area contributed by atoms with Gasteiger partial charge < -0.3 is 15.5 Å². The van der Waals surface area contributed by atoms with Gasteiger partial charge in [0.25, 0.3) is 5.91 Å². The Bertz CT molecular complexity index is 816. The molecule has 2 rings (SSSR count). The fraction of sp³-hybridized carbons (Fsp3) is 0.391. The van der Waals surface area contributed by atoms with Crippen LogP contribution in [0, 0.1) is 20.8 Å². The van der Waals surface area contributed by atoms with Gasteiger partial charge >= 0.3 is 0 Å². The van der Waals surface area contributed by atoms with Crippen molar-refractivity contribution in [3.63, 3.8) is 0 Å². The Morgan fingerprint density at radius 1 is 0.964 bits per heavy atom. The normalized spacial score (nSPS) is 11.6. The quantitative estimate of drug-likeness (QED) is 0.740. The van der Waals surface area contributed by atoms with Crippen LogP contribution in [0.15, 0.2) is 36.4 Å². The first-order valence-corrected chi connectivity index (χ1v) is 9.81. The van der Waals surface area contributed by atoms with Crippen molar-refractivity contribution in [2.45, 2.75) is 47.6 Å². The van der Waals surface area contributed by atoms with Crippen LogP contribution in [0.1, 0.15) is 47.8 Å². The zero-order valence-corrected chi connectivity index (χ0v) is 17.7. The molecule has 0 spiro atoms. The lowest BCUT2D eigenvalue weighted by Crippen LogP contribution is -2.32. The fourth-order valence-corrected chi connectivity index (χ4v) is 3.33. The van der Waals surface area contributed by atoms with Gasteiger partial charge in [0.2, 0.25) is 5.91 Å². The molecule has 1 atom stereocenters. The summed E-state index contributed by atoms with van der Waals surface area (Å²) < 4.78 is 0. The molecule has 0 aliphatic rings. The molecule has 0 aliphatic heterocycles. The third kappa shape index (κ3) is 5.12. The van der Waals surface area contributed by atoms with Crippen molar-refractivity contribution in [1.82, 2.24) is 4.90 Å². The van der Waals surface area contributed by atoms with Crippen molar-refractivity contribution in [2.24, 2.45) is 0 Å². The number of anilines is 2. The topological polar surface area (TPSA) is 61.4 Å². The first-order chi connectivity index (χ1) is 13.3. The summed E-state index contributed by atoms with van der Waals surface area (Å²) in [6, 6.07) is 11.0. The lowest BCUT2D eigenvalue weighted by atomic mass is 10.0. The number of hydrogen-bond acceptors (Lipinski definition) is 3. The van der Waals surface area contributed by atoms with E-state index in [-0.39, 0.29) is 11.8 Å². The molecule has 5 heteroatoms. The zero-order valence-electron chi connectivity index (χ0n) is 17.7. The number of benzene rings is 2. The summed E-state index contributed by atoms with van der Waals surface area (Å²) in [6.07, 6.45) is 0. The average Bonchev–Trinajstić information content (AvgIpc) is 2.65. The van der Waals surface area contributed by atoms with E-state index in [4.69, 9.17) is 0 Å². The van der Waals surface area contributed by atoms with Crippen molar-refractivity contribution in [3.05, 3.63) is 58.7 Å². The second-order valence-electron chi connectivity index (χ2n) is 7.18. The maximum absolute atomic E-state index is 12.6. The standard InChI is InChI=1S/C23H31N3O2/c1-7-26(8-2)23(28)19-9-11-20(12-10-19)24-18(6)22(27)25-21-16(4)13-15(3)14-17(21)5/h9-14,18,24H,7-8H2,1-6H3,(H,25,27). The van der Waals surface area contributed by atoms with E-state index in [2.05, 4.69) is 22.8 Å². The number of nitrogens with one attached hydrogen (secondary N) is 2. The molecule has 2 amide bonds. The highest BCUT2D eigenvalue weighted by Gasteiger charge is 2.16. The number of aryl methyl sites for hydroxylation is 3. The van der Waals surface area contributed by atoms with Crippen LogP contribution in [0.4, 0.5) is 11.4 Å². The lowest BCUT2D eigenvalue weighted by molar-refractivity contribution is -0.116. The van der Waals surface area contributed by atoms with Gasteiger partial charge in [0.15, 0.2) is 0 Å². The molecule has 1 unspecified atom stereocenters. The van der Waals surface area contributed by atoms with E-state index in [0.717, 1.165) is 22.5 Å². The van der Waals surface area contributed by atoms with Gasteiger partial charge in [0.05, 0.1) is 0 Å². The highest BCUT2D eigenvalue weighted by molar-refractivity contribution is 5.98. The summed E-state index contributed by atoms with van der Waals surface area (Å²) in [7, 11) is 0. The molecule has 0 saturated carbocycles. The first kappa shape index (κ1) is 21.5. The largest absolute Gasteiger partial charge is 0.374 e. The smallest absolute Gasteiger partial charge is 0.253 e. The second kappa shape index (κ2) is 9.40. The molecule has 0 heterocycles. The Morgan fingerprint density at radius 2 is 1.50 bits per heavy atom. The minimum absolute atomic E-state index is 0.0210. The van der Waals surface area contributed by atoms with E-state index < -0.39 is 6.04 Å². The highest BCUT2D eigenvalue weighted by Crippen LogP contribution is 2.22. The summed E-state index contributed by atoms with van der Waals surface area (Å²) in [4.78, 5) is 26.8. The molecule has 28 heavy (non-hydrogen) atoms. The van der Waals surface area contributed by atoms with Gasteiger partial charge in [-0.25, -0.2) is 0 Å². The minimum Gasteiger partial charge on any atom is -0.374 e. The van der Waals surface area contributed by atoms with Gasteiger partial charge in [0.1, 0.15) is 6.04 Å². The summed E-state index contributed by atoms with van der Waals surface area (Å²) in [5.74, 6) is -0.0778. The zero-order chi connectivity index (χ0) is 20.8. The molecular weight excluding hydrogens is 350 g/mol. The molecule has 0 aliphatic carbocycles. The molecular formula is C23H31N3O2. The third-order valence-electron chi connectivity index (χ3n) is 4.88. The van der Waals surface area contributed by atoms with Crippen molar-refractivity contribution < 1.29 is 9.59 Å². The molecule has 0 saturated heterocycles. The molecule has 0 bridgehead atoms. The van der Waals surface area contributed by atoms with Crippen molar-refractivity contribution in [3.8, 4) is 0 Å². The Morgan fingerprint density at radius 3 is 2.00 bits per heavy atom. The summed E-state index contributed by atoms with van der Waals surface area (Å²) >= 11 is 0. The van der Waals surface area contributed by atoms with E-state index in [9.17, 15) is 9.59 Å². The van der Waals surface area contributed by atoms with Crippen LogP contribution in [0.25, 0.3) is 0 Å². The van der Waals surface area contributed by atoms with Gasteiger partial charge in [-0.05, 0) is 76.9 Å². The fourth-order valence-electron chi connectivity index (χ4n) is 3.33. The minimum atomic E-state index is -0.413. The Hall–Kier alpha value is -2.82. The summed E-state index contributed by atoms with van der Waals surface area (Å²) in [5, 5.41) is 6.22. The van der Waals surface area contributed by atoms with Crippen LogP contribution in [0.3, 0.4) is 0 Å². The van der Waals surface area contributed by atoms with E-state index in [0.29, 0.717) is 18.7 Å². The molecule has 2 aromatic rings. The summed E-state index contributed by atoms with van der Waals surface area (Å²) in [6.45, 7) is 13.2. The van der Waals surface area contributed by atoms with Crippen LogP contribution in [0.5, 0.6) is 0 Å².